The molecular formula is C26H30ClFN2O. The van der Waals surface area contributed by atoms with Crippen LogP contribution in [0.2, 0.25) is 5.02 Å². The summed E-state index contributed by atoms with van der Waals surface area (Å²) in [5, 5.41) is 0.787. The van der Waals surface area contributed by atoms with E-state index in [1.807, 2.05) is 12.1 Å². The Morgan fingerprint density at radius 2 is 1.71 bits per heavy atom. The topological polar surface area (TPSA) is 15.7 Å². The highest BCUT2D eigenvalue weighted by Gasteiger charge is 2.23. The summed E-state index contributed by atoms with van der Waals surface area (Å²) in [7, 11) is 0. The van der Waals surface area contributed by atoms with Gasteiger partial charge in [-0.3, -0.25) is 4.90 Å². The first-order valence-corrected chi connectivity index (χ1v) is 11.5. The molecule has 0 saturated carbocycles. The van der Waals surface area contributed by atoms with E-state index in [0.717, 1.165) is 43.4 Å². The van der Waals surface area contributed by atoms with Gasteiger partial charge in [-0.1, -0.05) is 35.9 Å². The van der Waals surface area contributed by atoms with Crippen LogP contribution in [0.25, 0.3) is 0 Å². The SMILES string of the molecule is Fc1ccc(OCCN2CCC(CN3C=CC=C[C@@H]3Cc3ccc(Cl)cc3)CC2)cc1. The standard InChI is InChI=1S/C26H30ClFN2O/c27-23-6-4-21(5-7-23)19-25-3-1-2-14-30(25)20-22-12-15-29(16-13-22)17-18-31-26-10-8-24(28)9-11-26/h1-11,14,22,25H,12-13,15-20H2/t25-/m1/s1. The van der Waals surface area contributed by atoms with Crippen molar-refractivity contribution >= 4 is 11.6 Å². The number of benzene rings is 2. The molecule has 1 atom stereocenters. The molecule has 2 heterocycles. The summed E-state index contributed by atoms with van der Waals surface area (Å²) in [5.41, 5.74) is 1.32. The minimum atomic E-state index is -0.233. The van der Waals surface area contributed by atoms with E-state index in [1.54, 1.807) is 12.1 Å². The first kappa shape index (κ1) is 21.9. The van der Waals surface area contributed by atoms with Crippen LogP contribution in [0.4, 0.5) is 4.39 Å². The summed E-state index contributed by atoms with van der Waals surface area (Å²) >= 11 is 6.03. The van der Waals surface area contributed by atoms with Crippen LogP contribution in [0.3, 0.4) is 0 Å². The van der Waals surface area contributed by atoms with Crippen molar-refractivity contribution in [3.63, 3.8) is 0 Å². The first-order chi connectivity index (χ1) is 15.2. The Kier molecular flexibility index (Phi) is 7.66. The van der Waals surface area contributed by atoms with Crippen LogP contribution in [-0.4, -0.2) is 48.6 Å². The van der Waals surface area contributed by atoms with E-state index < -0.39 is 0 Å². The number of piperidine rings is 1. The molecule has 2 aromatic rings. The minimum absolute atomic E-state index is 0.233. The molecule has 1 fully saturated rings. The third-order valence-corrected chi connectivity index (χ3v) is 6.42. The van der Waals surface area contributed by atoms with Gasteiger partial charge in [-0.15, -0.1) is 0 Å². The lowest BCUT2D eigenvalue weighted by molar-refractivity contribution is 0.134. The lowest BCUT2D eigenvalue weighted by atomic mass is 9.94. The smallest absolute Gasteiger partial charge is 0.123 e. The summed E-state index contributed by atoms with van der Waals surface area (Å²) in [6.07, 6.45) is 12.2. The molecule has 4 rings (SSSR count). The van der Waals surface area contributed by atoms with Gasteiger partial charge in [0.15, 0.2) is 0 Å². The maximum absolute atomic E-state index is 13.0. The molecule has 2 aliphatic rings. The lowest BCUT2D eigenvalue weighted by Gasteiger charge is -2.37. The van der Waals surface area contributed by atoms with Gasteiger partial charge in [-0.05, 0) is 92.5 Å². The molecule has 0 amide bonds. The molecule has 0 aromatic heterocycles. The molecule has 0 unspecified atom stereocenters. The summed E-state index contributed by atoms with van der Waals surface area (Å²) in [5.74, 6) is 1.20. The van der Waals surface area contributed by atoms with E-state index in [2.05, 4.69) is 46.4 Å². The van der Waals surface area contributed by atoms with E-state index in [4.69, 9.17) is 16.3 Å². The number of likely N-dealkylation sites (tertiary alicyclic amines) is 1. The second-order valence-electron chi connectivity index (χ2n) is 8.41. The molecular weight excluding hydrogens is 411 g/mol. The Morgan fingerprint density at radius 1 is 0.968 bits per heavy atom. The molecule has 0 radical (unpaired) electrons. The van der Waals surface area contributed by atoms with Crippen LogP contribution in [0.15, 0.2) is 73.0 Å². The van der Waals surface area contributed by atoms with E-state index in [-0.39, 0.29) is 5.82 Å². The molecule has 2 aromatic carbocycles. The van der Waals surface area contributed by atoms with Crippen molar-refractivity contribution in [2.24, 2.45) is 5.92 Å². The predicted molar refractivity (Wildman–Crippen MR) is 125 cm³/mol. The molecule has 3 nitrogen and oxygen atoms in total. The van der Waals surface area contributed by atoms with Crippen LogP contribution in [0.1, 0.15) is 18.4 Å². The van der Waals surface area contributed by atoms with Crippen molar-refractivity contribution in [1.29, 1.82) is 0 Å². The zero-order chi connectivity index (χ0) is 21.5. The van der Waals surface area contributed by atoms with Crippen LogP contribution in [0, 0.1) is 11.7 Å². The molecule has 2 aliphatic heterocycles. The Balaban J connectivity index is 1.20. The van der Waals surface area contributed by atoms with Crippen molar-refractivity contribution in [3.05, 3.63) is 89.4 Å². The molecule has 1 saturated heterocycles. The maximum atomic E-state index is 13.0. The fraction of sp³-hybridized carbons (Fsp3) is 0.385. The fourth-order valence-electron chi connectivity index (χ4n) is 4.33. The molecule has 0 bridgehead atoms. The molecule has 0 spiro atoms. The van der Waals surface area contributed by atoms with Gasteiger partial charge in [0, 0.05) is 18.1 Å². The maximum Gasteiger partial charge on any atom is 0.123 e. The number of ether oxygens (including phenoxy) is 1. The molecule has 31 heavy (non-hydrogen) atoms. The van der Waals surface area contributed by atoms with E-state index >= 15 is 0 Å². The highest BCUT2D eigenvalue weighted by Crippen LogP contribution is 2.23. The zero-order valence-corrected chi connectivity index (χ0v) is 18.6. The van der Waals surface area contributed by atoms with Gasteiger partial charge in [0.2, 0.25) is 0 Å². The first-order valence-electron chi connectivity index (χ1n) is 11.1. The Morgan fingerprint density at radius 3 is 2.45 bits per heavy atom. The number of hydrogen-bond acceptors (Lipinski definition) is 3. The highest BCUT2D eigenvalue weighted by atomic mass is 35.5. The Bertz CT molecular complexity index is 873. The van der Waals surface area contributed by atoms with Gasteiger partial charge in [-0.25, -0.2) is 4.39 Å². The summed E-state index contributed by atoms with van der Waals surface area (Å²) < 4.78 is 18.7. The van der Waals surface area contributed by atoms with Gasteiger partial charge < -0.3 is 9.64 Å². The predicted octanol–water partition coefficient (Wildman–Crippen LogP) is 5.57. The van der Waals surface area contributed by atoms with Crippen molar-refractivity contribution in [1.82, 2.24) is 9.80 Å². The number of allylic oxidation sites excluding steroid dienone is 2. The number of halogens is 2. The zero-order valence-electron chi connectivity index (χ0n) is 17.8. The van der Waals surface area contributed by atoms with Gasteiger partial charge in [-0.2, -0.15) is 0 Å². The van der Waals surface area contributed by atoms with Crippen LogP contribution in [-0.2, 0) is 6.42 Å². The van der Waals surface area contributed by atoms with Crippen LogP contribution >= 0.6 is 11.6 Å². The van der Waals surface area contributed by atoms with Gasteiger partial charge in [0.25, 0.3) is 0 Å². The number of rotatable bonds is 8. The van der Waals surface area contributed by atoms with Crippen molar-refractivity contribution in [3.8, 4) is 5.75 Å². The summed E-state index contributed by atoms with van der Waals surface area (Å²) in [4.78, 5) is 4.96. The lowest BCUT2D eigenvalue weighted by Crippen LogP contribution is -2.42. The van der Waals surface area contributed by atoms with Crippen molar-refractivity contribution < 1.29 is 9.13 Å². The quantitative estimate of drug-likeness (QED) is 0.534. The monoisotopic (exact) mass is 440 g/mol. The van der Waals surface area contributed by atoms with E-state index in [9.17, 15) is 4.39 Å². The average molecular weight is 441 g/mol. The van der Waals surface area contributed by atoms with Crippen molar-refractivity contribution in [2.75, 3.05) is 32.8 Å². The molecule has 164 valence electrons. The second-order valence-corrected chi connectivity index (χ2v) is 8.84. The van der Waals surface area contributed by atoms with Gasteiger partial charge >= 0.3 is 0 Å². The average Bonchev–Trinajstić information content (AvgIpc) is 2.79. The fourth-order valence-corrected chi connectivity index (χ4v) is 4.46. The molecule has 0 aliphatic carbocycles. The van der Waals surface area contributed by atoms with Gasteiger partial charge in [0.05, 0.1) is 6.04 Å². The van der Waals surface area contributed by atoms with Crippen LogP contribution < -0.4 is 4.74 Å². The van der Waals surface area contributed by atoms with E-state index in [1.165, 1.54) is 30.5 Å². The number of nitrogens with zero attached hydrogens (tertiary/aromatic N) is 2. The minimum Gasteiger partial charge on any atom is -0.492 e. The normalized spacial score (nSPS) is 19.7. The van der Waals surface area contributed by atoms with Crippen LogP contribution in [0.5, 0.6) is 5.75 Å². The second kappa shape index (κ2) is 10.8. The largest absolute Gasteiger partial charge is 0.492 e. The van der Waals surface area contributed by atoms with Crippen molar-refractivity contribution in [2.45, 2.75) is 25.3 Å². The third-order valence-electron chi connectivity index (χ3n) is 6.17. The number of hydrogen-bond donors (Lipinski definition) is 0. The Hall–Kier alpha value is -2.30. The molecule has 0 N–H and O–H groups in total. The van der Waals surface area contributed by atoms with E-state index in [0.29, 0.717) is 18.6 Å². The Labute approximate surface area is 189 Å². The summed E-state index contributed by atoms with van der Waals surface area (Å²) in [6.45, 7) is 4.85. The molecule has 5 heteroatoms. The third kappa shape index (κ3) is 6.59. The summed E-state index contributed by atoms with van der Waals surface area (Å²) in [6, 6.07) is 14.8. The highest BCUT2D eigenvalue weighted by molar-refractivity contribution is 6.30. The van der Waals surface area contributed by atoms with Gasteiger partial charge in [0.1, 0.15) is 18.2 Å².